The fraction of sp³-hybridized carbons (Fsp3) is 0.273. The Kier molecular flexibility index (Phi) is 3.19. The monoisotopic (exact) mass is 254 g/mol. The molecular formula is C11H11ClN2O3. The van der Waals surface area contributed by atoms with Gasteiger partial charge in [0.1, 0.15) is 0 Å². The largest absolute Gasteiger partial charge is 0.465 e. The van der Waals surface area contributed by atoms with Gasteiger partial charge in [0.05, 0.1) is 17.6 Å². The predicted molar refractivity (Wildman–Crippen MR) is 64.1 cm³/mol. The smallest absolute Gasteiger partial charge is 0.328 e. The number of halogens is 1. The number of carbonyl (C=O) groups is 1. The van der Waals surface area contributed by atoms with Crippen LogP contribution in [0.1, 0.15) is 17.9 Å². The summed E-state index contributed by atoms with van der Waals surface area (Å²) in [6.45, 7) is 2.00. The number of hydrogen-bond donors (Lipinski definition) is 2. The van der Waals surface area contributed by atoms with Crippen molar-refractivity contribution in [2.45, 2.75) is 12.3 Å². The maximum atomic E-state index is 11.5. The fourth-order valence-electron chi connectivity index (χ4n) is 1.56. The molecule has 1 unspecified atom stereocenters. The number of alkyl halides is 1. The molecule has 0 aliphatic rings. The number of imidazole rings is 1. The Bertz CT molecular complexity index is 602. The molecule has 2 N–H and O–H groups in total. The number of aromatic amines is 2. The van der Waals surface area contributed by atoms with Gasteiger partial charge in [-0.05, 0) is 24.6 Å². The zero-order chi connectivity index (χ0) is 12.4. The van der Waals surface area contributed by atoms with Crippen LogP contribution in [0.3, 0.4) is 0 Å². The lowest BCUT2D eigenvalue weighted by Crippen LogP contribution is -2.10. The van der Waals surface area contributed by atoms with Crippen LogP contribution < -0.4 is 5.69 Å². The highest BCUT2D eigenvalue weighted by Gasteiger charge is 2.19. The van der Waals surface area contributed by atoms with Gasteiger partial charge >= 0.3 is 11.7 Å². The summed E-state index contributed by atoms with van der Waals surface area (Å²) in [6, 6.07) is 5.03. The molecule has 2 aromatic rings. The molecule has 0 saturated carbocycles. The Morgan fingerprint density at radius 3 is 2.82 bits per heavy atom. The highest BCUT2D eigenvalue weighted by atomic mass is 35.5. The topological polar surface area (TPSA) is 75.0 Å². The molecule has 1 atom stereocenters. The molecule has 0 saturated heterocycles. The molecule has 0 radical (unpaired) electrons. The molecule has 1 aromatic carbocycles. The van der Waals surface area contributed by atoms with Gasteiger partial charge in [0.2, 0.25) is 0 Å². The molecule has 1 heterocycles. The van der Waals surface area contributed by atoms with Gasteiger partial charge in [0, 0.05) is 0 Å². The second-order valence-corrected chi connectivity index (χ2v) is 3.94. The van der Waals surface area contributed by atoms with Gasteiger partial charge in [-0.2, -0.15) is 0 Å². The normalized spacial score (nSPS) is 12.6. The lowest BCUT2D eigenvalue weighted by molar-refractivity contribution is -0.142. The van der Waals surface area contributed by atoms with Crippen molar-refractivity contribution in [1.82, 2.24) is 9.97 Å². The zero-order valence-corrected chi connectivity index (χ0v) is 9.88. The first-order valence-corrected chi connectivity index (χ1v) is 5.58. The van der Waals surface area contributed by atoms with Crippen LogP contribution in [0, 0.1) is 0 Å². The highest BCUT2D eigenvalue weighted by Crippen LogP contribution is 2.24. The standard InChI is InChI=1S/C11H11ClN2O3/c1-2-17-10(15)9(12)6-3-4-7-8(5-6)14-11(16)13-7/h3-5,9H,2H2,1H3,(H2,13,14,16). The van der Waals surface area contributed by atoms with Gasteiger partial charge in [-0.1, -0.05) is 6.07 Å². The van der Waals surface area contributed by atoms with Crippen LogP contribution in [0.4, 0.5) is 0 Å². The van der Waals surface area contributed by atoms with Crippen LogP contribution in [0.15, 0.2) is 23.0 Å². The van der Waals surface area contributed by atoms with Crippen LogP contribution in [0.2, 0.25) is 0 Å². The van der Waals surface area contributed by atoms with Gasteiger partial charge in [-0.3, -0.25) is 4.79 Å². The predicted octanol–water partition coefficient (Wildman–Crippen LogP) is 1.70. The minimum Gasteiger partial charge on any atom is -0.465 e. The van der Waals surface area contributed by atoms with Crippen molar-refractivity contribution >= 4 is 28.6 Å². The molecule has 1 aromatic heterocycles. The van der Waals surface area contributed by atoms with E-state index in [1.165, 1.54) is 0 Å². The van der Waals surface area contributed by atoms with Crippen molar-refractivity contribution in [2.75, 3.05) is 6.61 Å². The number of carbonyl (C=O) groups excluding carboxylic acids is 1. The summed E-state index contributed by atoms with van der Waals surface area (Å²) in [7, 11) is 0. The SMILES string of the molecule is CCOC(=O)C(Cl)c1ccc2[nH]c(=O)[nH]c2c1. The third-order valence-corrected chi connectivity index (χ3v) is 2.76. The molecule has 90 valence electrons. The molecule has 0 bridgehead atoms. The molecule has 0 spiro atoms. The third kappa shape index (κ3) is 2.34. The molecule has 5 nitrogen and oxygen atoms in total. The number of nitrogens with one attached hydrogen (secondary N) is 2. The number of H-pyrrole nitrogens is 2. The second kappa shape index (κ2) is 4.63. The van der Waals surface area contributed by atoms with Crippen molar-refractivity contribution in [2.24, 2.45) is 0 Å². The number of rotatable bonds is 3. The average molecular weight is 255 g/mol. The van der Waals surface area contributed by atoms with E-state index in [9.17, 15) is 9.59 Å². The Morgan fingerprint density at radius 2 is 2.12 bits per heavy atom. The van der Waals surface area contributed by atoms with Crippen LogP contribution in [0.5, 0.6) is 0 Å². The van der Waals surface area contributed by atoms with E-state index in [0.717, 1.165) is 0 Å². The van der Waals surface area contributed by atoms with E-state index in [4.69, 9.17) is 16.3 Å². The number of esters is 1. The fourth-order valence-corrected chi connectivity index (χ4v) is 1.76. The van der Waals surface area contributed by atoms with Crippen LogP contribution in [-0.4, -0.2) is 22.5 Å². The molecule has 0 fully saturated rings. The Labute approximate surface area is 102 Å². The molecule has 2 rings (SSSR count). The van der Waals surface area contributed by atoms with Crippen LogP contribution in [0.25, 0.3) is 11.0 Å². The molecule has 0 aliphatic carbocycles. The highest BCUT2D eigenvalue weighted by molar-refractivity contribution is 6.30. The van der Waals surface area contributed by atoms with Gasteiger partial charge in [0.15, 0.2) is 5.38 Å². The molecule has 17 heavy (non-hydrogen) atoms. The number of ether oxygens (including phenoxy) is 1. The summed E-state index contributed by atoms with van der Waals surface area (Å²) < 4.78 is 4.82. The summed E-state index contributed by atoms with van der Waals surface area (Å²) >= 11 is 5.97. The lowest BCUT2D eigenvalue weighted by Gasteiger charge is -2.08. The van der Waals surface area contributed by atoms with Crippen molar-refractivity contribution in [3.05, 3.63) is 34.2 Å². The minimum absolute atomic E-state index is 0.283. The van der Waals surface area contributed by atoms with Gasteiger partial charge in [0.25, 0.3) is 0 Å². The summed E-state index contributed by atoms with van der Waals surface area (Å²) in [5.41, 5.74) is 1.58. The Balaban J connectivity index is 2.35. The average Bonchev–Trinajstić information content (AvgIpc) is 2.67. The van der Waals surface area contributed by atoms with Gasteiger partial charge in [-0.25, -0.2) is 4.79 Å². The lowest BCUT2D eigenvalue weighted by atomic mass is 10.1. The summed E-state index contributed by atoms with van der Waals surface area (Å²) in [4.78, 5) is 27.7. The molecular weight excluding hydrogens is 244 g/mol. The zero-order valence-electron chi connectivity index (χ0n) is 9.12. The Morgan fingerprint density at radius 1 is 1.41 bits per heavy atom. The quantitative estimate of drug-likeness (QED) is 0.647. The first-order chi connectivity index (χ1) is 8.11. The van der Waals surface area contributed by atoms with Crippen LogP contribution >= 0.6 is 11.6 Å². The van der Waals surface area contributed by atoms with Crippen LogP contribution in [-0.2, 0) is 9.53 Å². The van der Waals surface area contributed by atoms with E-state index in [2.05, 4.69) is 9.97 Å². The van der Waals surface area contributed by atoms with Crippen molar-refractivity contribution in [1.29, 1.82) is 0 Å². The number of aromatic nitrogens is 2. The third-order valence-electron chi connectivity index (χ3n) is 2.33. The van der Waals surface area contributed by atoms with E-state index in [-0.39, 0.29) is 12.3 Å². The molecule has 0 amide bonds. The summed E-state index contributed by atoms with van der Waals surface area (Å²) in [5, 5.41) is -0.863. The Hall–Kier alpha value is -1.75. The number of fused-ring (bicyclic) bond motifs is 1. The number of benzene rings is 1. The number of hydrogen-bond acceptors (Lipinski definition) is 3. The van der Waals surface area contributed by atoms with Gasteiger partial charge < -0.3 is 14.7 Å². The van der Waals surface area contributed by atoms with Crippen molar-refractivity contribution < 1.29 is 9.53 Å². The van der Waals surface area contributed by atoms with E-state index >= 15 is 0 Å². The summed E-state index contributed by atoms with van der Waals surface area (Å²) in [6.07, 6.45) is 0. The van der Waals surface area contributed by atoms with Gasteiger partial charge in [-0.15, -0.1) is 11.6 Å². The first kappa shape index (κ1) is 11.7. The maximum Gasteiger partial charge on any atom is 0.328 e. The first-order valence-electron chi connectivity index (χ1n) is 5.14. The second-order valence-electron chi connectivity index (χ2n) is 3.50. The summed E-state index contributed by atoms with van der Waals surface area (Å²) in [5.74, 6) is -0.494. The van der Waals surface area contributed by atoms with E-state index in [1.807, 2.05) is 0 Å². The van der Waals surface area contributed by atoms with E-state index in [0.29, 0.717) is 16.6 Å². The van der Waals surface area contributed by atoms with E-state index < -0.39 is 11.3 Å². The van der Waals surface area contributed by atoms with E-state index in [1.54, 1.807) is 25.1 Å². The maximum absolute atomic E-state index is 11.5. The molecule has 0 aliphatic heterocycles. The minimum atomic E-state index is -0.863. The molecule has 6 heteroatoms. The van der Waals surface area contributed by atoms with Crippen molar-refractivity contribution in [3.63, 3.8) is 0 Å². The van der Waals surface area contributed by atoms with Crippen molar-refractivity contribution in [3.8, 4) is 0 Å².